The molecule has 0 spiro atoms. The average Bonchev–Trinajstić information content (AvgIpc) is 2.66. The number of carbonyl (C=O) groups excluding carboxylic acids is 1. The molecule has 4 nitrogen and oxygen atoms in total. The fourth-order valence-corrected chi connectivity index (χ4v) is 3.98. The van der Waals surface area contributed by atoms with Gasteiger partial charge in [-0.1, -0.05) is 54.6 Å². The van der Waals surface area contributed by atoms with Crippen LogP contribution in [0.4, 0.5) is 0 Å². The summed E-state index contributed by atoms with van der Waals surface area (Å²) >= 11 is 0. The second-order valence-corrected chi connectivity index (χ2v) is 7.99. The van der Waals surface area contributed by atoms with Gasteiger partial charge in [-0.25, -0.2) is 0 Å². The Kier molecular flexibility index (Phi) is 7.02. The lowest BCUT2D eigenvalue weighted by atomic mass is 10.0. The number of nitrogens with one attached hydrogen (secondary N) is 3. The number of aryl methyl sites for hydroxylation is 1. The molecule has 2 aromatic carbocycles. The number of hydrogen-bond acceptors (Lipinski definition) is 1. The summed E-state index contributed by atoms with van der Waals surface area (Å²) < 4.78 is 0. The van der Waals surface area contributed by atoms with Gasteiger partial charge in [0.2, 0.25) is 0 Å². The molecule has 1 fully saturated rings. The summed E-state index contributed by atoms with van der Waals surface area (Å²) in [6.45, 7) is 6.90. The van der Waals surface area contributed by atoms with Crippen LogP contribution in [-0.4, -0.2) is 38.6 Å². The molecule has 0 bridgehead atoms. The standard InChI is InChI=1S/C23H31N3O/c1-19-8-6-7-11-21(19)17-25(2)18-23(27)24-22-12-14-26(15-13-22)16-20-9-4-3-5-10-20/h3-11,22H,12-18H2,1-2H3,(H,24,27)/p+2. The summed E-state index contributed by atoms with van der Waals surface area (Å²) in [6.07, 6.45) is 2.15. The largest absolute Gasteiger partial charge is 0.348 e. The number of piperidine rings is 1. The first kappa shape index (κ1) is 19.6. The smallest absolute Gasteiger partial charge is 0.275 e. The van der Waals surface area contributed by atoms with E-state index in [9.17, 15) is 4.79 Å². The maximum atomic E-state index is 12.4. The molecule has 0 radical (unpaired) electrons. The van der Waals surface area contributed by atoms with Crippen LogP contribution in [0.5, 0.6) is 0 Å². The molecule has 1 atom stereocenters. The Morgan fingerprint density at radius 3 is 2.44 bits per heavy atom. The highest BCUT2D eigenvalue weighted by Crippen LogP contribution is 2.05. The topological polar surface area (TPSA) is 38.0 Å². The van der Waals surface area contributed by atoms with Gasteiger partial charge in [0.15, 0.2) is 6.54 Å². The molecule has 27 heavy (non-hydrogen) atoms. The van der Waals surface area contributed by atoms with Crippen molar-refractivity contribution in [3.05, 3.63) is 71.3 Å². The van der Waals surface area contributed by atoms with Crippen molar-refractivity contribution in [1.82, 2.24) is 5.32 Å². The van der Waals surface area contributed by atoms with E-state index in [4.69, 9.17) is 0 Å². The van der Waals surface area contributed by atoms with Crippen molar-refractivity contribution < 1.29 is 14.6 Å². The van der Waals surface area contributed by atoms with Crippen molar-refractivity contribution in [2.75, 3.05) is 26.7 Å². The fourth-order valence-electron chi connectivity index (χ4n) is 3.98. The van der Waals surface area contributed by atoms with Gasteiger partial charge < -0.3 is 15.1 Å². The lowest BCUT2D eigenvalue weighted by molar-refractivity contribution is -0.918. The highest BCUT2D eigenvalue weighted by molar-refractivity contribution is 5.77. The summed E-state index contributed by atoms with van der Waals surface area (Å²) in [7, 11) is 2.10. The van der Waals surface area contributed by atoms with Crippen LogP contribution >= 0.6 is 0 Å². The van der Waals surface area contributed by atoms with Gasteiger partial charge in [0.25, 0.3) is 5.91 Å². The third kappa shape index (κ3) is 6.19. The van der Waals surface area contributed by atoms with Crippen molar-refractivity contribution in [3.63, 3.8) is 0 Å². The minimum absolute atomic E-state index is 0.178. The molecule has 0 aliphatic carbocycles. The van der Waals surface area contributed by atoms with E-state index < -0.39 is 0 Å². The molecule has 2 aromatic rings. The van der Waals surface area contributed by atoms with Crippen LogP contribution in [0.15, 0.2) is 54.6 Å². The highest BCUT2D eigenvalue weighted by Gasteiger charge is 2.24. The van der Waals surface area contributed by atoms with E-state index >= 15 is 0 Å². The number of carbonyl (C=O) groups is 1. The van der Waals surface area contributed by atoms with Gasteiger partial charge in [-0.05, 0) is 12.5 Å². The summed E-state index contributed by atoms with van der Waals surface area (Å²) in [5, 5.41) is 3.26. The van der Waals surface area contributed by atoms with Gasteiger partial charge in [-0.15, -0.1) is 0 Å². The summed E-state index contributed by atoms with van der Waals surface area (Å²) in [4.78, 5) is 15.3. The Morgan fingerprint density at radius 2 is 1.74 bits per heavy atom. The number of likely N-dealkylation sites (N-methyl/N-ethyl adjacent to an activating group) is 1. The van der Waals surface area contributed by atoms with E-state index in [0.717, 1.165) is 39.0 Å². The monoisotopic (exact) mass is 367 g/mol. The lowest BCUT2D eigenvalue weighted by Crippen LogP contribution is -3.12. The molecule has 1 aliphatic heterocycles. The molecular weight excluding hydrogens is 334 g/mol. The zero-order valence-electron chi connectivity index (χ0n) is 16.6. The SMILES string of the molecule is Cc1ccccc1C[NH+](C)CC(=O)NC1CC[NH+](Cc2ccccc2)CC1. The van der Waals surface area contributed by atoms with Gasteiger partial charge in [-0.2, -0.15) is 0 Å². The van der Waals surface area contributed by atoms with Gasteiger partial charge in [-0.3, -0.25) is 4.79 Å². The van der Waals surface area contributed by atoms with Gasteiger partial charge >= 0.3 is 0 Å². The number of amides is 1. The second-order valence-electron chi connectivity index (χ2n) is 7.99. The zero-order valence-corrected chi connectivity index (χ0v) is 16.6. The normalized spacial score (nSPS) is 20.8. The van der Waals surface area contributed by atoms with Crippen LogP contribution in [0.25, 0.3) is 0 Å². The Bertz CT molecular complexity index is 723. The molecule has 1 heterocycles. The molecule has 3 rings (SSSR count). The van der Waals surface area contributed by atoms with Crippen LogP contribution in [0.2, 0.25) is 0 Å². The van der Waals surface area contributed by atoms with Gasteiger partial charge in [0.1, 0.15) is 13.1 Å². The van der Waals surface area contributed by atoms with Crippen LogP contribution < -0.4 is 15.1 Å². The Balaban J connectivity index is 1.38. The average molecular weight is 368 g/mol. The number of rotatable bonds is 7. The zero-order chi connectivity index (χ0) is 19.1. The Morgan fingerprint density at radius 1 is 1.07 bits per heavy atom. The van der Waals surface area contributed by atoms with E-state index in [0.29, 0.717) is 12.6 Å². The summed E-state index contributed by atoms with van der Waals surface area (Å²) in [5.74, 6) is 0.178. The van der Waals surface area contributed by atoms with Crippen LogP contribution in [0.1, 0.15) is 29.5 Å². The summed E-state index contributed by atoms with van der Waals surface area (Å²) in [5.41, 5.74) is 4.02. The third-order valence-corrected chi connectivity index (χ3v) is 5.57. The molecule has 1 unspecified atom stereocenters. The maximum Gasteiger partial charge on any atom is 0.275 e. The second kappa shape index (κ2) is 9.67. The summed E-state index contributed by atoms with van der Waals surface area (Å²) in [6, 6.07) is 19.4. The van der Waals surface area contributed by atoms with Crippen LogP contribution in [0, 0.1) is 6.92 Å². The first-order chi connectivity index (χ1) is 13.1. The van der Waals surface area contributed by atoms with E-state index in [-0.39, 0.29) is 5.91 Å². The minimum Gasteiger partial charge on any atom is -0.348 e. The van der Waals surface area contributed by atoms with E-state index in [1.165, 1.54) is 21.6 Å². The van der Waals surface area contributed by atoms with Crippen molar-refractivity contribution >= 4 is 5.91 Å². The number of benzene rings is 2. The predicted octanol–water partition coefficient (Wildman–Crippen LogP) is 0.373. The number of likely N-dealkylation sites (tertiary alicyclic amines) is 1. The molecule has 1 saturated heterocycles. The Hall–Kier alpha value is -2.17. The van der Waals surface area contributed by atoms with Crippen molar-refractivity contribution in [2.45, 2.75) is 38.9 Å². The molecule has 0 saturated carbocycles. The number of hydrogen-bond donors (Lipinski definition) is 3. The first-order valence-electron chi connectivity index (χ1n) is 10.1. The van der Waals surface area contributed by atoms with Gasteiger partial charge in [0, 0.05) is 30.0 Å². The highest BCUT2D eigenvalue weighted by atomic mass is 16.2. The molecule has 4 heteroatoms. The van der Waals surface area contributed by atoms with E-state index in [1.54, 1.807) is 4.90 Å². The first-order valence-corrected chi connectivity index (χ1v) is 10.1. The van der Waals surface area contributed by atoms with Crippen molar-refractivity contribution in [1.29, 1.82) is 0 Å². The lowest BCUT2D eigenvalue weighted by Gasteiger charge is -2.30. The molecule has 0 aromatic heterocycles. The molecule has 1 aliphatic rings. The predicted molar refractivity (Wildman–Crippen MR) is 109 cm³/mol. The van der Waals surface area contributed by atoms with Crippen molar-refractivity contribution in [2.24, 2.45) is 0 Å². The molecule has 1 amide bonds. The van der Waals surface area contributed by atoms with Gasteiger partial charge in [0.05, 0.1) is 20.1 Å². The molecule has 144 valence electrons. The minimum atomic E-state index is 0.178. The number of quaternary nitrogens is 2. The van der Waals surface area contributed by atoms with E-state index in [2.05, 4.69) is 73.9 Å². The van der Waals surface area contributed by atoms with Crippen LogP contribution in [-0.2, 0) is 17.9 Å². The Labute approximate surface area is 163 Å². The fraction of sp³-hybridized carbons (Fsp3) is 0.435. The molecular formula is C23H33N3O+2. The van der Waals surface area contributed by atoms with Crippen LogP contribution in [0.3, 0.4) is 0 Å². The quantitative estimate of drug-likeness (QED) is 0.650. The van der Waals surface area contributed by atoms with Crippen molar-refractivity contribution in [3.8, 4) is 0 Å². The third-order valence-electron chi connectivity index (χ3n) is 5.57. The molecule has 3 N–H and O–H groups in total. The maximum absolute atomic E-state index is 12.4. The van der Waals surface area contributed by atoms with E-state index in [1.807, 2.05) is 0 Å².